The molecule has 2 fully saturated rings. The maximum absolute atomic E-state index is 13.2. The van der Waals surface area contributed by atoms with Gasteiger partial charge in [0.05, 0.1) is 15.8 Å². The van der Waals surface area contributed by atoms with E-state index in [9.17, 15) is 31.5 Å². The van der Waals surface area contributed by atoms with Gasteiger partial charge in [0, 0.05) is 26.7 Å². The van der Waals surface area contributed by atoms with Crippen molar-refractivity contribution >= 4 is 42.8 Å². The van der Waals surface area contributed by atoms with E-state index in [-0.39, 0.29) is 24.5 Å². The molecule has 1 saturated carbocycles. The fourth-order valence-electron chi connectivity index (χ4n) is 4.09. The minimum atomic E-state index is -4.93. The van der Waals surface area contributed by atoms with Crippen molar-refractivity contribution in [1.29, 1.82) is 0 Å². The Labute approximate surface area is 212 Å². The van der Waals surface area contributed by atoms with Crippen molar-refractivity contribution < 1.29 is 41.0 Å². The van der Waals surface area contributed by atoms with E-state index in [1.54, 1.807) is 18.2 Å². The van der Waals surface area contributed by atoms with Crippen molar-refractivity contribution in [3.8, 4) is 5.75 Å². The van der Waals surface area contributed by atoms with Crippen LogP contribution in [0.4, 0.5) is 18.3 Å². The van der Waals surface area contributed by atoms with E-state index in [2.05, 4.69) is 19.7 Å². The van der Waals surface area contributed by atoms with E-state index < -0.39 is 39.7 Å². The van der Waals surface area contributed by atoms with Crippen LogP contribution in [-0.2, 0) is 25.2 Å². The summed E-state index contributed by atoms with van der Waals surface area (Å²) in [5, 5.41) is 10.3. The summed E-state index contributed by atoms with van der Waals surface area (Å²) in [6, 6.07) is 2.15. The van der Waals surface area contributed by atoms with Gasteiger partial charge in [0.25, 0.3) is 0 Å². The lowest BCUT2D eigenvalue weighted by molar-refractivity contribution is -0.274. The standard InChI is InChI=1S/C21H20F3N5O6S2/c1-34-20(6-7-20)18-25-10-15-16(26-18)27-19(36-15)28-8-9-29(14(11-28)17(30)31)37(32,33)13-4-2-12(3-5-13)35-21(22,23)24/h2-5,10,14H,6-9,11H2,1H3,(H,30,31)/t14-/m1/s1. The molecule has 5 rings (SSSR count). The summed E-state index contributed by atoms with van der Waals surface area (Å²) in [6.07, 6.45) is -1.68. The van der Waals surface area contributed by atoms with Crippen LogP contribution in [0.15, 0.2) is 35.4 Å². The van der Waals surface area contributed by atoms with Crippen molar-refractivity contribution in [3.63, 3.8) is 0 Å². The molecule has 1 aliphatic heterocycles. The van der Waals surface area contributed by atoms with Gasteiger partial charge in [0.1, 0.15) is 17.4 Å². The normalized spacial score (nSPS) is 20.2. The number of aliphatic carboxylic acids is 1. The molecule has 0 bridgehead atoms. The lowest BCUT2D eigenvalue weighted by Crippen LogP contribution is -2.58. The summed E-state index contributed by atoms with van der Waals surface area (Å²) in [5.41, 5.74) is -0.0555. The van der Waals surface area contributed by atoms with Crippen LogP contribution >= 0.6 is 11.3 Å². The van der Waals surface area contributed by atoms with Crippen molar-refractivity contribution in [2.75, 3.05) is 31.6 Å². The van der Waals surface area contributed by atoms with E-state index >= 15 is 0 Å². The van der Waals surface area contributed by atoms with Crippen molar-refractivity contribution in [1.82, 2.24) is 19.3 Å². The molecule has 3 aromatic rings. The van der Waals surface area contributed by atoms with Crippen LogP contribution in [0.25, 0.3) is 10.3 Å². The first-order valence-electron chi connectivity index (χ1n) is 11.0. The lowest BCUT2D eigenvalue weighted by Gasteiger charge is -2.38. The van der Waals surface area contributed by atoms with Gasteiger partial charge in [0.15, 0.2) is 16.6 Å². The molecule has 0 amide bonds. The minimum Gasteiger partial charge on any atom is -0.480 e. The van der Waals surface area contributed by atoms with Crippen LogP contribution in [0.1, 0.15) is 18.7 Å². The first-order chi connectivity index (χ1) is 17.4. The van der Waals surface area contributed by atoms with Crippen LogP contribution < -0.4 is 9.64 Å². The number of carboxylic acid groups (broad SMARTS) is 1. The smallest absolute Gasteiger partial charge is 0.480 e. The molecule has 1 atom stereocenters. The third-order valence-corrected chi connectivity index (χ3v) is 9.15. The molecule has 2 aliphatic rings. The summed E-state index contributed by atoms with van der Waals surface area (Å²) in [5.74, 6) is -1.43. The van der Waals surface area contributed by atoms with Crippen LogP contribution in [0, 0.1) is 0 Å². The van der Waals surface area contributed by atoms with Crippen molar-refractivity contribution in [3.05, 3.63) is 36.3 Å². The number of halogens is 3. The highest BCUT2D eigenvalue weighted by atomic mass is 32.2. The predicted octanol–water partition coefficient (Wildman–Crippen LogP) is 2.58. The van der Waals surface area contributed by atoms with Gasteiger partial charge in [-0.3, -0.25) is 4.79 Å². The zero-order valence-corrected chi connectivity index (χ0v) is 20.8. The highest BCUT2D eigenvalue weighted by molar-refractivity contribution is 7.89. The molecule has 1 aliphatic carbocycles. The molecule has 3 heterocycles. The number of thiazole rings is 1. The highest BCUT2D eigenvalue weighted by Crippen LogP contribution is 2.47. The Kier molecular flexibility index (Phi) is 6.24. The van der Waals surface area contributed by atoms with Gasteiger partial charge < -0.3 is 19.5 Å². The summed E-state index contributed by atoms with van der Waals surface area (Å²) >= 11 is 1.26. The number of anilines is 1. The largest absolute Gasteiger partial charge is 0.573 e. The first kappa shape index (κ1) is 25.6. The van der Waals surface area contributed by atoms with E-state index in [4.69, 9.17) is 4.74 Å². The van der Waals surface area contributed by atoms with Crippen molar-refractivity contribution in [2.45, 2.75) is 35.7 Å². The van der Waals surface area contributed by atoms with E-state index in [0.717, 1.165) is 41.4 Å². The average Bonchev–Trinajstić information content (AvgIpc) is 3.54. The Morgan fingerprint density at radius 3 is 2.49 bits per heavy atom. The topological polar surface area (TPSA) is 135 Å². The minimum absolute atomic E-state index is 0.139. The molecule has 1 aromatic carbocycles. The zero-order chi connectivity index (χ0) is 26.6. The number of ether oxygens (including phenoxy) is 2. The molecule has 0 radical (unpaired) electrons. The van der Waals surface area contributed by atoms with Crippen LogP contribution in [-0.4, -0.2) is 77.9 Å². The second kappa shape index (κ2) is 9.04. The molecule has 11 nitrogen and oxygen atoms in total. The zero-order valence-electron chi connectivity index (χ0n) is 19.2. The number of hydrogen-bond donors (Lipinski definition) is 1. The van der Waals surface area contributed by atoms with E-state index in [1.807, 2.05) is 0 Å². The number of hydrogen-bond acceptors (Lipinski definition) is 10. The number of methoxy groups -OCH3 is 1. The maximum Gasteiger partial charge on any atom is 0.573 e. The monoisotopic (exact) mass is 559 g/mol. The predicted molar refractivity (Wildman–Crippen MR) is 124 cm³/mol. The summed E-state index contributed by atoms with van der Waals surface area (Å²) in [4.78, 5) is 26.8. The van der Waals surface area contributed by atoms with Crippen LogP contribution in [0.3, 0.4) is 0 Å². The molecule has 198 valence electrons. The number of fused-ring (bicyclic) bond motifs is 1. The summed E-state index contributed by atoms with van der Waals surface area (Å²) in [7, 11) is -2.73. The van der Waals surface area contributed by atoms with Crippen LogP contribution in [0.2, 0.25) is 0 Å². The summed E-state index contributed by atoms with van der Waals surface area (Å²) in [6.45, 7) is -0.230. The lowest BCUT2D eigenvalue weighted by atomic mass is 10.2. The Balaban J connectivity index is 1.36. The number of carboxylic acids is 1. The average molecular weight is 560 g/mol. The molecular formula is C21H20F3N5O6S2. The third-order valence-electron chi connectivity index (χ3n) is 6.19. The number of nitrogens with zero attached hydrogens (tertiary/aromatic N) is 5. The second-order valence-corrected chi connectivity index (χ2v) is 11.4. The number of rotatable bonds is 7. The Morgan fingerprint density at radius 1 is 1.19 bits per heavy atom. The maximum atomic E-state index is 13.2. The first-order valence-corrected chi connectivity index (χ1v) is 13.2. The Hall–Kier alpha value is -3.08. The van der Waals surface area contributed by atoms with Gasteiger partial charge in [-0.1, -0.05) is 11.3 Å². The number of alkyl halides is 3. The SMILES string of the molecule is COC1(c2ncc3sc(N4CCN(S(=O)(=O)c5ccc(OC(F)(F)F)cc5)[C@@H](C(=O)O)C4)nc3n2)CC1. The van der Waals surface area contributed by atoms with Crippen molar-refractivity contribution in [2.24, 2.45) is 0 Å². The molecular weight excluding hydrogens is 539 g/mol. The van der Waals surface area contributed by atoms with E-state index in [1.165, 1.54) is 11.3 Å². The quantitative estimate of drug-likeness (QED) is 0.460. The second-order valence-electron chi connectivity index (χ2n) is 8.51. The third kappa shape index (κ3) is 4.93. The molecule has 37 heavy (non-hydrogen) atoms. The Bertz CT molecular complexity index is 1440. The van der Waals surface area contributed by atoms with E-state index in [0.29, 0.717) is 21.3 Å². The fraction of sp³-hybridized carbons (Fsp3) is 0.429. The molecule has 2 aromatic heterocycles. The summed E-state index contributed by atoms with van der Waals surface area (Å²) < 4.78 is 74.4. The number of benzene rings is 1. The number of sulfonamides is 1. The van der Waals surface area contributed by atoms with Gasteiger partial charge in [-0.15, -0.1) is 13.2 Å². The number of aromatic nitrogens is 3. The molecule has 16 heteroatoms. The van der Waals surface area contributed by atoms with Crippen LogP contribution in [0.5, 0.6) is 5.75 Å². The van der Waals surface area contributed by atoms with Gasteiger partial charge >= 0.3 is 12.3 Å². The molecule has 0 spiro atoms. The molecule has 0 unspecified atom stereocenters. The van der Waals surface area contributed by atoms with Gasteiger partial charge in [-0.25, -0.2) is 18.4 Å². The van der Waals surface area contributed by atoms with Gasteiger partial charge in [-0.05, 0) is 37.1 Å². The van der Waals surface area contributed by atoms with Gasteiger partial charge in [-0.2, -0.15) is 9.29 Å². The molecule has 1 N–H and O–H groups in total. The highest BCUT2D eigenvalue weighted by Gasteiger charge is 2.48. The number of carbonyl (C=O) groups is 1. The molecule has 1 saturated heterocycles. The van der Waals surface area contributed by atoms with Gasteiger partial charge in [0.2, 0.25) is 10.0 Å². The Morgan fingerprint density at radius 2 is 1.89 bits per heavy atom. The fourth-order valence-corrected chi connectivity index (χ4v) is 6.57. The number of piperazine rings is 1.